The minimum Gasteiger partial charge on any atom is -0.481 e. The van der Waals surface area contributed by atoms with Crippen LogP contribution in [0, 0.1) is 11.2 Å². The fourth-order valence-electron chi connectivity index (χ4n) is 4.78. The van der Waals surface area contributed by atoms with Crippen molar-refractivity contribution >= 4 is 11.8 Å². The number of nitrogens with zero attached hydrogens (tertiary/aromatic N) is 2. The van der Waals surface area contributed by atoms with Crippen LogP contribution in [-0.2, 0) is 22.6 Å². The van der Waals surface area contributed by atoms with Crippen molar-refractivity contribution in [1.29, 1.82) is 0 Å². The van der Waals surface area contributed by atoms with E-state index in [1.54, 1.807) is 30.3 Å². The zero-order valence-electron chi connectivity index (χ0n) is 22.2. The Hall–Kier alpha value is -3.61. The van der Waals surface area contributed by atoms with Crippen molar-refractivity contribution in [3.63, 3.8) is 0 Å². The molecule has 1 aliphatic rings. The third-order valence-corrected chi connectivity index (χ3v) is 6.69. The second-order valence-electron chi connectivity index (χ2n) is 10.6. The molecule has 0 N–H and O–H groups in total. The smallest absolute Gasteiger partial charge is 0.263 e. The average Bonchev–Trinajstić information content (AvgIpc) is 3.38. The molecule has 196 valence electrons. The van der Waals surface area contributed by atoms with Crippen LogP contribution in [0.2, 0.25) is 0 Å². The molecule has 6 nitrogen and oxygen atoms in total. The number of fused-ring (bicyclic) bond motifs is 1. The van der Waals surface area contributed by atoms with Gasteiger partial charge in [0.1, 0.15) is 17.3 Å². The SMILES string of the molecule is CC[C@@H](Oc1ccc2c(c1)[C@@H](c1cccc(F)c1)N(C(=O)C(C)(C)C)CC2)C(=O)N(C)Cc1ccco1. The van der Waals surface area contributed by atoms with Gasteiger partial charge in [-0.3, -0.25) is 9.59 Å². The van der Waals surface area contributed by atoms with Crippen molar-refractivity contribution in [1.82, 2.24) is 9.80 Å². The molecule has 2 heterocycles. The Labute approximate surface area is 218 Å². The van der Waals surface area contributed by atoms with E-state index in [0.29, 0.717) is 43.0 Å². The molecule has 0 spiro atoms. The summed E-state index contributed by atoms with van der Waals surface area (Å²) in [5, 5.41) is 0. The number of carbonyl (C=O) groups excluding carboxylic acids is 2. The molecular weight excluding hydrogens is 471 g/mol. The Kier molecular flexibility index (Phi) is 7.71. The first-order chi connectivity index (χ1) is 17.6. The van der Waals surface area contributed by atoms with Gasteiger partial charge in [-0.25, -0.2) is 4.39 Å². The van der Waals surface area contributed by atoms with Crippen LogP contribution >= 0.6 is 0 Å². The lowest BCUT2D eigenvalue weighted by molar-refractivity contribution is -0.141. The lowest BCUT2D eigenvalue weighted by Crippen LogP contribution is -2.45. The van der Waals surface area contributed by atoms with Crippen LogP contribution in [0.4, 0.5) is 4.39 Å². The quantitative estimate of drug-likeness (QED) is 0.409. The summed E-state index contributed by atoms with van der Waals surface area (Å²) in [5.41, 5.74) is 2.08. The highest BCUT2D eigenvalue weighted by atomic mass is 19.1. The first kappa shape index (κ1) is 26.5. The van der Waals surface area contributed by atoms with E-state index in [0.717, 1.165) is 11.1 Å². The van der Waals surface area contributed by atoms with E-state index >= 15 is 0 Å². The predicted octanol–water partition coefficient (Wildman–Crippen LogP) is 5.75. The van der Waals surface area contributed by atoms with Crippen molar-refractivity contribution < 1.29 is 23.1 Å². The van der Waals surface area contributed by atoms with Gasteiger partial charge in [0, 0.05) is 19.0 Å². The highest BCUT2D eigenvalue weighted by molar-refractivity contribution is 5.83. The molecule has 7 heteroatoms. The van der Waals surface area contributed by atoms with E-state index in [1.807, 2.05) is 62.9 Å². The zero-order chi connectivity index (χ0) is 26.7. The molecule has 0 radical (unpaired) electrons. The van der Waals surface area contributed by atoms with E-state index in [2.05, 4.69) is 0 Å². The maximum atomic E-state index is 14.3. The number of benzene rings is 2. The number of halogens is 1. The molecule has 2 amide bonds. The molecular formula is C30H35FN2O4. The summed E-state index contributed by atoms with van der Waals surface area (Å²) in [7, 11) is 1.72. The molecule has 2 aromatic carbocycles. The number of hydrogen-bond acceptors (Lipinski definition) is 4. The van der Waals surface area contributed by atoms with Gasteiger partial charge < -0.3 is 19.0 Å². The summed E-state index contributed by atoms with van der Waals surface area (Å²) in [6.07, 6.45) is 2.07. The van der Waals surface area contributed by atoms with Gasteiger partial charge in [0.15, 0.2) is 6.10 Å². The fraction of sp³-hybridized carbons (Fsp3) is 0.400. The second-order valence-corrected chi connectivity index (χ2v) is 10.6. The lowest BCUT2D eigenvalue weighted by atomic mass is 9.85. The van der Waals surface area contributed by atoms with Gasteiger partial charge >= 0.3 is 0 Å². The van der Waals surface area contributed by atoms with Gasteiger partial charge in [-0.1, -0.05) is 45.9 Å². The molecule has 37 heavy (non-hydrogen) atoms. The Morgan fingerprint density at radius 2 is 1.95 bits per heavy atom. The van der Waals surface area contributed by atoms with Gasteiger partial charge in [-0.2, -0.15) is 0 Å². The van der Waals surface area contributed by atoms with E-state index in [1.165, 1.54) is 12.1 Å². The topological polar surface area (TPSA) is 63.0 Å². The summed E-state index contributed by atoms with van der Waals surface area (Å²) >= 11 is 0. The van der Waals surface area contributed by atoms with Gasteiger partial charge in [0.05, 0.1) is 18.8 Å². The number of rotatable bonds is 7. The van der Waals surface area contributed by atoms with Crippen LogP contribution < -0.4 is 4.74 Å². The molecule has 0 saturated heterocycles. The van der Waals surface area contributed by atoms with Crippen LogP contribution in [-0.4, -0.2) is 41.3 Å². The number of hydrogen-bond donors (Lipinski definition) is 0. The van der Waals surface area contributed by atoms with Crippen molar-refractivity contribution in [2.75, 3.05) is 13.6 Å². The highest BCUT2D eigenvalue weighted by Crippen LogP contribution is 2.39. The third kappa shape index (κ3) is 5.87. The molecule has 0 fully saturated rings. The second kappa shape index (κ2) is 10.8. The van der Waals surface area contributed by atoms with Crippen LogP contribution in [0.15, 0.2) is 65.3 Å². The lowest BCUT2D eigenvalue weighted by Gasteiger charge is -2.41. The van der Waals surface area contributed by atoms with Crippen molar-refractivity contribution in [3.05, 3.63) is 89.1 Å². The van der Waals surface area contributed by atoms with E-state index in [4.69, 9.17) is 9.15 Å². The fourth-order valence-corrected chi connectivity index (χ4v) is 4.78. The Balaban J connectivity index is 1.65. The van der Waals surface area contributed by atoms with Crippen molar-refractivity contribution in [3.8, 4) is 5.75 Å². The van der Waals surface area contributed by atoms with Crippen LogP contribution in [0.3, 0.4) is 0 Å². The van der Waals surface area contributed by atoms with Gasteiger partial charge in [0.25, 0.3) is 5.91 Å². The molecule has 2 atom stereocenters. The molecule has 4 rings (SSSR count). The van der Waals surface area contributed by atoms with Crippen LogP contribution in [0.5, 0.6) is 5.75 Å². The van der Waals surface area contributed by atoms with Crippen LogP contribution in [0.25, 0.3) is 0 Å². The number of likely N-dealkylation sites (N-methyl/N-ethyl adjacent to an activating group) is 1. The summed E-state index contributed by atoms with van der Waals surface area (Å²) in [5.74, 6) is 0.733. The molecule has 1 aliphatic heterocycles. The summed E-state index contributed by atoms with van der Waals surface area (Å²) in [6, 6.07) is 15.3. The number of ether oxygens (including phenoxy) is 1. The van der Waals surface area contributed by atoms with E-state index in [9.17, 15) is 14.0 Å². The van der Waals surface area contributed by atoms with Crippen molar-refractivity contribution in [2.45, 2.75) is 59.2 Å². The standard InChI is InChI=1S/C30H35FN2O4/c1-6-26(28(34)32(5)19-24-11-8-16-36-24)37-23-13-12-20-14-15-33(29(35)30(2,3)4)27(25(20)18-23)21-9-7-10-22(31)17-21/h7-13,16-18,26-27H,6,14-15,19H2,1-5H3/t26-,27-/m1/s1. The zero-order valence-corrected chi connectivity index (χ0v) is 22.2. The first-order valence-electron chi connectivity index (χ1n) is 12.7. The maximum absolute atomic E-state index is 14.3. The Bertz CT molecular complexity index is 1250. The third-order valence-electron chi connectivity index (χ3n) is 6.69. The van der Waals surface area contributed by atoms with E-state index < -0.39 is 17.6 Å². The number of furan rings is 1. The minimum atomic E-state index is -0.679. The minimum absolute atomic E-state index is 0.0000962. The summed E-state index contributed by atoms with van der Waals surface area (Å²) < 4.78 is 25.9. The van der Waals surface area contributed by atoms with E-state index in [-0.39, 0.29) is 17.6 Å². The monoisotopic (exact) mass is 506 g/mol. The van der Waals surface area contributed by atoms with Gasteiger partial charge in [-0.15, -0.1) is 0 Å². The van der Waals surface area contributed by atoms with Crippen LogP contribution in [0.1, 0.15) is 62.6 Å². The van der Waals surface area contributed by atoms with Crippen molar-refractivity contribution in [2.24, 2.45) is 5.41 Å². The molecule has 0 aliphatic carbocycles. The Morgan fingerprint density at radius 3 is 2.59 bits per heavy atom. The van der Waals surface area contributed by atoms with Gasteiger partial charge in [0.2, 0.25) is 5.91 Å². The molecule has 0 saturated carbocycles. The maximum Gasteiger partial charge on any atom is 0.263 e. The first-order valence-corrected chi connectivity index (χ1v) is 12.7. The summed E-state index contributed by atoms with van der Waals surface area (Å²) in [6.45, 7) is 8.47. The number of carbonyl (C=O) groups is 2. The number of amides is 2. The highest BCUT2D eigenvalue weighted by Gasteiger charge is 2.37. The molecule has 0 bridgehead atoms. The molecule has 1 aromatic heterocycles. The Morgan fingerprint density at radius 1 is 1.16 bits per heavy atom. The summed E-state index contributed by atoms with van der Waals surface area (Å²) in [4.78, 5) is 30.0. The molecule has 0 unspecified atom stereocenters. The normalized spacial score (nSPS) is 16.2. The molecule has 3 aromatic rings. The predicted molar refractivity (Wildman–Crippen MR) is 139 cm³/mol. The van der Waals surface area contributed by atoms with Gasteiger partial charge in [-0.05, 0) is 65.9 Å². The average molecular weight is 507 g/mol. The largest absolute Gasteiger partial charge is 0.481 e.